The molecule has 0 saturated carbocycles. The molecular weight excluding hydrogens is 402 g/mol. The fourth-order valence-electron chi connectivity index (χ4n) is 3.37. The molecule has 1 fully saturated rings. The molecule has 10 heteroatoms. The van der Waals surface area contributed by atoms with Crippen LogP contribution in [-0.2, 0) is 9.59 Å². The van der Waals surface area contributed by atoms with Crippen LogP contribution in [0.25, 0.3) is 0 Å². The molecule has 3 rings (SSSR count). The van der Waals surface area contributed by atoms with Gasteiger partial charge in [-0.2, -0.15) is 0 Å². The summed E-state index contributed by atoms with van der Waals surface area (Å²) in [5.41, 5.74) is 1.30. The van der Waals surface area contributed by atoms with E-state index in [9.17, 15) is 19.7 Å². The second-order valence-electron chi connectivity index (χ2n) is 7.01. The van der Waals surface area contributed by atoms with E-state index < -0.39 is 16.7 Å². The minimum Gasteiger partial charge on any atom is -0.495 e. The third-order valence-corrected chi connectivity index (χ3v) is 5.05. The number of amides is 2. The number of carbonyl (C=O) groups is 2. The van der Waals surface area contributed by atoms with E-state index in [4.69, 9.17) is 4.74 Å². The van der Waals surface area contributed by atoms with Crippen molar-refractivity contribution in [3.8, 4) is 5.75 Å². The molecule has 0 atom stereocenters. The van der Waals surface area contributed by atoms with Crippen molar-refractivity contribution in [1.29, 1.82) is 0 Å². The number of carbonyl (C=O) groups excluding carboxylic acids is 2. The summed E-state index contributed by atoms with van der Waals surface area (Å²) >= 11 is 0. The van der Waals surface area contributed by atoms with E-state index in [2.05, 4.69) is 20.4 Å². The van der Waals surface area contributed by atoms with Gasteiger partial charge in [-0.15, -0.1) is 0 Å². The number of ether oxygens (including phenoxy) is 1. The van der Waals surface area contributed by atoms with Gasteiger partial charge < -0.3 is 20.3 Å². The summed E-state index contributed by atoms with van der Waals surface area (Å²) in [6.45, 7) is 4.34. The molecule has 0 unspecified atom stereocenters. The van der Waals surface area contributed by atoms with Crippen LogP contribution in [0.3, 0.4) is 0 Å². The number of nitrogens with one attached hydrogen (secondary N) is 2. The number of para-hydroxylation sites is 2. The molecule has 1 aliphatic heterocycles. The molecule has 31 heavy (non-hydrogen) atoms. The van der Waals surface area contributed by atoms with Crippen LogP contribution in [0.2, 0.25) is 0 Å². The van der Waals surface area contributed by atoms with E-state index in [-0.39, 0.29) is 5.69 Å². The predicted octanol–water partition coefficient (Wildman–Crippen LogP) is 1.48. The van der Waals surface area contributed by atoms with Gasteiger partial charge >= 0.3 is 11.8 Å². The Hall–Kier alpha value is -3.66. The smallest absolute Gasteiger partial charge is 0.313 e. The van der Waals surface area contributed by atoms with E-state index in [1.54, 1.807) is 7.11 Å². The monoisotopic (exact) mass is 427 g/mol. The Morgan fingerprint density at radius 2 is 1.71 bits per heavy atom. The standard InChI is InChI=1S/C21H25N5O5/c1-31-19-5-3-2-4-18(19)25-14-12-24(13-15-25)11-10-22-20(27)21(28)23-16-6-8-17(9-7-16)26(29)30/h2-9H,10-15H2,1H3,(H,22,27)(H,23,28). The van der Waals surface area contributed by atoms with Gasteiger partial charge in [0.1, 0.15) is 5.75 Å². The molecule has 2 aromatic carbocycles. The molecular formula is C21H25N5O5. The molecule has 0 spiro atoms. The predicted molar refractivity (Wildman–Crippen MR) is 116 cm³/mol. The van der Waals surface area contributed by atoms with E-state index in [0.717, 1.165) is 37.6 Å². The number of non-ortho nitro benzene ring substituents is 1. The van der Waals surface area contributed by atoms with E-state index in [1.807, 2.05) is 24.3 Å². The number of methoxy groups -OCH3 is 1. The van der Waals surface area contributed by atoms with Crippen molar-refractivity contribution < 1.29 is 19.2 Å². The van der Waals surface area contributed by atoms with Gasteiger partial charge in [0.2, 0.25) is 0 Å². The number of anilines is 2. The Balaban J connectivity index is 1.39. The van der Waals surface area contributed by atoms with Crippen molar-refractivity contribution in [2.75, 3.05) is 56.6 Å². The molecule has 1 aliphatic rings. The third kappa shape index (κ3) is 5.92. The molecule has 0 bridgehead atoms. The van der Waals surface area contributed by atoms with Gasteiger partial charge in [0, 0.05) is 57.1 Å². The normalized spacial score (nSPS) is 14.0. The Morgan fingerprint density at radius 3 is 2.35 bits per heavy atom. The van der Waals surface area contributed by atoms with Gasteiger partial charge in [0.15, 0.2) is 0 Å². The van der Waals surface area contributed by atoms with Crippen LogP contribution in [-0.4, -0.2) is 68.0 Å². The highest BCUT2D eigenvalue weighted by Gasteiger charge is 2.20. The molecule has 0 aromatic heterocycles. The zero-order valence-corrected chi connectivity index (χ0v) is 17.2. The highest BCUT2D eigenvalue weighted by Crippen LogP contribution is 2.28. The molecule has 0 radical (unpaired) electrons. The largest absolute Gasteiger partial charge is 0.495 e. The van der Waals surface area contributed by atoms with Crippen LogP contribution < -0.4 is 20.3 Å². The second-order valence-corrected chi connectivity index (χ2v) is 7.01. The average molecular weight is 427 g/mol. The summed E-state index contributed by atoms with van der Waals surface area (Å²) in [6.07, 6.45) is 0. The summed E-state index contributed by atoms with van der Waals surface area (Å²) in [5, 5.41) is 15.7. The van der Waals surface area contributed by atoms with E-state index >= 15 is 0 Å². The second kappa shape index (κ2) is 10.4. The van der Waals surface area contributed by atoms with Gasteiger partial charge in [-0.1, -0.05) is 12.1 Å². The molecule has 0 aliphatic carbocycles. The molecule has 2 amide bonds. The van der Waals surface area contributed by atoms with Crippen LogP contribution in [0.5, 0.6) is 5.75 Å². The van der Waals surface area contributed by atoms with Crippen LogP contribution in [0.4, 0.5) is 17.1 Å². The van der Waals surface area contributed by atoms with Gasteiger partial charge in [-0.25, -0.2) is 0 Å². The maximum Gasteiger partial charge on any atom is 0.313 e. The molecule has 2 aromatic rings. The Kier molecular flexibility index (Phi) is 7.39. The number of nitro benzene ring substituents is 1. The van der Waals surface area contributed by atoms with Gasteiger partial charge in [0.25, 0.3) is 5.69 Å². The molecule has 1 saturated heterocycles. The minimum atomic E-state index is -0.810. The fourth-order valence-corrected chi connectivity index (χ4v) is 3.37. The molecule has 1 heterocycles. The van der Waals surface area contributed by atoms with Gasteiger partial charge in [-0.05, 0) is 24.3 Å². The van der Waals surface area contributed by atoms with Crippen LogP contribution in [0.1, 0.15) is 0 Å². The highest BCUT2D eigenvalue weighted by molar-refractivity contribution is 6.39. The van der Waals surface area contributed by atoms with Crippen molar-refractivity contribution in [2.45, 2.75) is 0 Å². The molecule has 2 N–H and O–H groups in total. The lowest BCUT2D eigenvalue weighted by Gasteiger charge is -2.36. The van der Waals surface area contributed by atoms with Crippen LogP contribution >= 0.6 is 0 Å². The van der Waals surface area contributed by atoms with Crippen LogP contribution in [0.15, 0.2) is 48.5 Å². The Morgan fingerprint density at radius 1 is 1.03 bits per heavy atom. The lowest BCUT2D eigenvalue weighted by molar-refractivity contribution is -0.384. The maximum atomic E-state index is 12.0. The Bertz CT molecular complexity index is 926. The zero-order chi connectivity index (χ0) is 22.2. The SMILES string of the molecule is COc1ccccc1N1CCN(CCNC(=O)C(=O)Nc2ccc([N+](=O)[O-])cc2)CC1. The summed E-state index contributed by atoms with van der Waals surface area (Å²) in [4.78, 5) is 38.6. The minimum absolute atomic E-state index is 0.0896. The van der Waals surface area contributed by atoms with Gasteiger partial charge in [0.05, 0.1) is 17.7 Å². The summed E-state index contributed by atoms with van der Waals surface area (Å²) in [6, 6.07) is 13.2. The maximum absolute atomic E-state index is 12.0. The lowest BCUT2D eigenvalue weighted by Crippen LogP contribution is -2.49. The average Bonchev–Trinajstić information content (AvgIpc) is 2.79. The summed E-state index contributed by atoms with van der Waals surface area (Å²) in [5.74, 6) is -0.705. The van der Waals surface area contributed by atoms with E-state index in [0.29, 0.717) is 18.8 Å². The van der Waals surface area contributed by atoms with Crippen molar-refractivity contribution in [1.82, 2.24) is 10.2 Å². The first-order chi connectivity index (χ1) is 15.0. The first-order valence-electron chi connectivity index (χ1n) is 9.92. The highest BCUT2D eigenvalue weighted by atomic mass is 16.6. The quantitative estimate of drug-likeness (QED) is 0.390. The summed E-state index contributed by atoms with van der Waals surface area (Å²) in [7, 11) is 1.66. The summed E-state index contributed by atoms with van der Waals surface area (Å²) < 4.78 is 5.43. The van der Waals surface area contributed by atoms with Crippen molar-refractivity contribution in [2.24, 2.45) is 0 Å². The van der Waals surface area contributed by atoms with Crippen molar-refractivity contribution >= 4 is 28.9 Å². The Labute approximate surface area is 179 Å². The van der Waals surface area contributed by atoms with Crippen LogP contribution in [0, 0.1) is 10.1 Å². The van der Waals surface area contributed by atoms with Crippen molar-refractivity contribution in [3.63, 3.8) is 0 Å². The number of nitro groups is 1. The fraction of sp³-hybridized carbons (Fsp3) is 0.333. The lowest BCUT2D eigenvalue weighted by atomic mass is 10.2. The van der Waals surface area contributed by atoms with E-state index in [1.165, 1.54) is 24.3 Å². The number of hydrogen-bond donors (Lipinski definition) is 2. The van der Waals surface area contributed by atoms with Gasteiger partial charge in [-0.3, -0.25) is 24.6 Å². The zero-order valence-electron chi connectivity index (χ0n) is 17.2. The number of benzene rings is 2. The third-order valence-electron chi connectivity index (χ3n) is 5.05. The molecule has 10 nitrogen and oxygen atoms in total. The number of nitrogens with zero attached hydrogens (tertiary/aromatic N) is 3. The number of rotatable bonds is 7. The van der Waals surface area contributed by atoms with Crippen molar-refractivity contribution in [3.05, 3.63) is 58.6 Å². The number of piperazine rings is 1. The number of hydrogen-bond acceptors (Lipinski definition) is 7. The molecule has 164 valence electrons. The first-order valence-corrected chi connectivity index (χ1v) is 9.92. The first kappa shape index (κ1) is 22.0. The topological polar surface area (TPSA) is 117 Å².